The number of allylic oxidation sites excluding steroid dienone is 1. The van der Waals surface area contributed by atoms with Crippen molar-refractivity contribution >= 4 is 8.32 Å². The molecule has 2 aliphatic rings. The van der Waals surface area contributed by atoms with E-state index in [4.69, 9.17) is 4.43 Å². The smallest absolute Gasteiger partial charge is 0.192 e. The van der Waals surface area contributed by atoms with E-state index in [-0.39, 0.29) is 0 Å². The van der Waals surface area contributed by atoms with Crippen molar-refractivity contribution in [3.8, 4) is 0 Å². The zero-order chi connectivity index (χ0) is 13.8. The van der Waals surface area contributed by atoms with E-state index in [9.17, 15) is 0 Å². The van der Waals surface area contributed by atoms with E-state index in [0.29, 0.717) is 11.5 Å². The molecule has 1 fully saturated rings. The molecule has 0 aromatic carbocycles. The van der Waals surface area contributed by atoms with Crippen LogP contribution >= 0.6 is 0 Å². The number of hydrogen-bond acceptors (Lipinski definition) is 1. The van der Waals surface area contributed by atoms with Crippen molar-refractivity contribution in [1.29, 1.82) is 0 Å². The molecular formula is C17H32OSi. The van der Waals surface area contributed by atoms with Crippen LogP contribution in [0, 0.1) is 5.41 Å². The van der Waals surface area contributed by atoms with Gasteiger partial charge in [-0.25, -0.2) is 0 Å². The van der Waals surface area contributed by atoms with E-state index < -0.39 is 8.32 Å². The second kappa shape index (κ2) is 6.58. The van der Waals surface area contributed by atoms with Crippen LogP contribution in [0.3, 0.4) is 0 Å². The second-order valence-corrected chi connectivity index (χ2v) is 11.3. The molecule has 1 nitrogen and oxygen atoms in total. The van der Waals surface area contributed by atoms with Crippen LogP contribution < -0.4 is 0 Å². The lowest BCUT2D eigenvalue weighted by molar-refractivity contribution is 0.0226. The highest BCUT2D eigenvalue weighted by Crippen LogP contribution is 2.47. The maximum absolute atomic E-state index is 6.91. The van der Waals surface area contributed by atoms with Crippen LogP contribution in [0.1, 0.15) is 65.7 Å². The normalized spacial score (nSPS) is 31.8. The minimum Gasteiger partial charge on any atom is -0.413 e. The first-order valence-electron chi connectivity index (χ1n) is 8.56. The van der Waals surface area contributed by atoms with Gasteiger partial charge in [0.1, 0.15) is 0 Å². The van der Waals surface area contributed by atoms with Crippen LogP contribution in [0.5, 0.6) is 0 Å². The summed E-state index contributed by atoms with van der Waals surface area (Å²) in [6, 6.07) is 3.86. The topological polar surface area (TPSA) is 9.23 Å². The zero-order valence-corrected chi connectivity index (χ0v) is 14.2. The summed E-state index contributed by atoms with van der Waals surface area (Å²) in [7, 11) is -1.45. The maximum atomic E-state index is 6.91. The van der Waals surface area contributed by atoms with E-state index >= 15 is 0 Å². The standard InChI is InChI=1S/C17H32OSi/c1-4-19(5-2,6-3)18-16-12-8-11-15-17(16)13-9-7-10-14-17/h9,13,16H,4-8,10-12,14-15H2,1-3H3/t16-,17+/m0/s1. The third-order valence-electron chi connectivity index (χ3n) is 5.79. The summed E-state index contributed by atoms with van der Waals surface area (Å²) in [6.45, 7) is 7.06. The van der Waals surface area contributed by atoms with Gasteiger partial charge in [0.25, 0.3) is 0 Å². The van der Waals surface area contributed by atoms with Crippen molar-refractivity contribution in [2.45, 2.75) is 90.0 Å². The zero-order valence-electron chi connectivity index (χ0n) is 13.2. The lowest BCUT2D eigenvalue weighted by Crippen LogP contribution is -2.48. The molecule has 0 aliphatic heterocycles. The van der Waals surface area contributed by atoms with Crippen molar-refractivity contribution in [3.05, 3.63) is 12.2 Å². The van der Waals surface area contributed by atoms with Gasteiger partial charge >= 0.3 is 0 Å². The van der Waals surface area contributed by atoms with Crippen molar-refractivity contribution in [1.82, 2.24) is 0 Å². The van der Waals surface area contributed by atoms with E-state index in [1.165, 1.54) is 63.1 Å². The Balaban J connectivity index is 2.15. The van der Waals surface area contributed by atoms with Crippen LogP contribution in [0.25, 0.3) is 0 Å². The van der Waals surface area contributed by atoms with Crippen molar-refractivity contribution < 1.29 is 4.43 Å². The minimum atomic E-state index is -1.45. The Hall–Kier alpha value is -0.0831. The van der Waals surface area contributed by atoms with Crippen LogP contribution in [-0.4, -0.2) is 14.4 Å². The van der Waals surface area contributed by atoms with Gasteiger partial charge in [-0.1, -0.05) is 45.8 Å². The average molecular weight is 281 g/mol. The third kappa shape index (κ3) is 3.16. The van der Waals surface area contributed by atoms with Gasteiger partial charge in [-0.05, 0) is 50.2 Å². The van der Waals surface area contributed by atoms with Crippen LogP contribution in [0.4, 0.5) is 0 Å². The molecule has 110 valence electrons. The largest absolute Gasteiger partial charge is 0.413 e. The highest BCUT2D eigenvalue weighted by Gasteiger charge is 2.43. The van der Waals surface area contributed by atoms with Crippen LogP contribution in [0.15, 0.2) is 12.2 Å². The summed E-state index contributed by atoms with van der Waals surface area (Å²) in [5.41, 5.74) is 0.411. The molecule has 0 heterocycles. The Morgan fingerprint density at radius 2 is 1.74 bits per heavy atom. The van der Waals surface area contributed by atoms with Crippen LogP contribution in [0.2, 0.25) is 18.1 Å². The quantitative estimate of drug-likeness (QED) is 0.465. The average Bonchev–Trinajstić information content (AvgIpc) is 2.48. The molecule has 0 radical (unpaired) electrons. The molecule has 0 aromatic heterocycles. The van der Waals surface area contributed by atoms with E-state index in [1.807, 2.05) is 0 Å². The molecule has 1 saturated carbocycles. The van der Waals surface area contributed by atoms with Gasteiger partial charge in [-0.3, -0.25) is 0 Å². The third-order valence-corrected chi connectivity index (χ3v) is 10.4. The molecule has 0 unspecified atom stereocenters. The number of rotatable bonds is 5. The van der Waals surface area contributed by atoms with Crippen LogP contribution in [-0.2, 0) is 4.43 Å². The summed E-state index contributed by atoms with van der Waals surface area (Å²) >= 11 is 0. The molecule has 2 atom stereocenters. The van der Waals surface area contributed by atoms with Gasteiger partial charge < -0.3 is 4.43 Å². The van der Waals surface area contributed by atoms with Gasteiger partial charge in [0, 0.05) is 5.41 Å². The van der Waals surface area contributed by atoms with Gasteiger partial charge in [-0.15, -0.1) is 0 Å². The fourth-order valence-electron chi connectivity index (χ4n) is 4.14. The Kier molecular flexibility index (Phi) is 5.30. The predicted molar refractivity (Wildman–Crippen MR) is 86.0 cm³/mol. The molecule has 0 aromatic rings. The molecule has 2 rings (SSSR count). The fraction of sp³-hybridized carbons (Fsp3) is 0.882. The summed E-state index contributed by atoms with van der Waals surface area (Å²) < 4.78 is 6.91. The first-order chi connectivity index (χ1) is 9.20. The Labute approximate surface area is 120 Å². The first kappa shape index (κ1) is 15.3. The fourth-order valence-corrected chi connectivity index (χ4v) is 7.09. The second-order valence-electron chi connectivity index (χ2n) is 6.62. The molecule has 0 saturated heterocycles. The Morgan fingerprint density at radius 3 is 2.32 bits per heavy atom. The molecule has 2 heteroatoms. The maximum Gasteiger partial charge on any atom is 0.192 e. The number of hydrogen-bond donors (Lipinski definition) is 0. The van der Waals surface area contributed by atoms with Gasteiger partial charge in [0.2, 0.25) is 0 Å². The van der Waals surface area contributed by atoms with Crippen molar-refractivity contribution in [3.63, 3.8) is 0 Å². The van der Waals surface area contributed by atoms with E-state index in [2.05, 4.69) is 32.9 Å². The van der Waals surface area contributed by atoms with E-state index in [1.54, 1.807) is 0 Å². The van der Waals surface area contributed by atoms with Gasteiger partial charge in [0.05, 0.1) is 6.10 Å². The molecule has 2 aliphatic carbocycles. The summed E-state index contributed by atoms with van der Waals surface area (Å²) in [5.74, 6) is 0. The molecule has 0 N–H and O–H groups in total. The van der Waals surface area contributed by atoms with Crippen molar-refractivity contribution in [2.24, 2.45) is 5.41 Å². The van der Waals surface area contributed by atoms with Gasteiger partial charge in [0.15, 0.2) is 8.32 Å². The Bertz CT molecular complexity index is 300. The SMILES string of the molecule is CC[Si](CC)(CC)O[C@H]1CCCC[C@]12C=CCCC2. The first-order valence-corrected chi connectivity index (χ1v) is 11.1. The summed E-state index contributed by atoms with van der Waals surface area (Å²) in [4.78, 5) is 0. The molecular weight excluding hydrogens is 248 g/mol. The highest BCUT2D eigenvalue weighted by atomic mass is 28.4. The Morgan fingerprint density at radius 1 is 1.05 bits per heavy atom. The van der Waals surface area contributed by atoms with Crippen molar-refractivity contribution in [2.75, 3.05) is 0 Å². The monoisotopic (exact) mass is 280 g/mol. The molecule has 19 heavy (non-hydrogen) atoms. The molecule has 0 bridgehead atoms. The summed E-state index contributed by atoms with van der Waals surface area (Å²) in [5, 5.41) is 0. The molecule has 0 amide bonds. The highest BCUT2D eigenvalue weighted by molar-refractivity contribution is 6.73. The lowest BCUT2D eigenvalue weighted by atomic mass is 9.67. The minimum absolute atomic E-state index is 0.411. The predicted octanol–water partition coefficient (Wildman–Crippen LogP) is 5.68. The summed E-state index contributed by atoms with van der Waals surface area (Å²) in [6.07, 6.45) is 15.0. The van der Waals surface area contributed by atoms with Gasteiger partial charge in [-0.2, -0.15) is 0 Å². The lowest BCUT2D eigenvalue weighted by Gasteiger charge is -2.47. The van der Waals surface area contributed by atoms with E-state index in [0.717, 1.165) is 0 Å². The molecule has 1 spiro atoms.